The van der Waals surface area contributed by atoms with Crippen molar-refractivity contribution in [1.82, 2.24) is 5.32 Å². The van der Waals surface area contributed by atoms with Crippen LogP contribution in [0.1, 0.15) is 45.2 Å². The molecular weight excluding hydrogens is 234 g/mol. The molecule has 0 bridgehead atoms. The molecule has 1 N–H and O–H groups in total. The van der Waals surface area contributed by atoms with Gasteiger partial charge in [0.1, 0.15) is 0 Å². The minimum absolute atomic E-state index is 0.239. The molecular formula is C17H27NO. The summed E-state index contributed by atoms with van der Waals surface area (Å²) in [6, 6.07) is 8.97. The van der Waals surface area contributed by atoms with Crippen LogP contribution in [0.4, 0.5) is 0 Å². The van der Waals surface area contributed by atoms with Crippen molar-refractivity contribution in [2.24, 2.45) is 5.92 Å². The van der Waals surface area contributed by atoms with E-state index in [1.54, 1.807) is 0 Å². The van der Waals surface area contributed by atoms with Crippen molar-refractivity contribution in [3.05, 3.63) is 35.4 Å². The normalized spacial score (nSPS) is 23.8. The molecule has 1 saturated heterocycles. The fraction of sp³-hybridized carbons (Fsp3) is 0.647. The van der Waals surface area contributed by atoms with E-state index in [-0.39, 0.29) is 5.41 Å². The highest BCUT2D eigenvalue weighted by molar-refractivity contribution is 5.27. The Hall–Kier alpha value is -0.860. The van der Waals surface area contributed by atoms with Crippen LogP contribution in [0.2, 0.25) is 0 Å². The van der Waals surface area contributed by atoms with E-state index in [1.807, 2.05) is 0 Å². The molecule has 0 radical (unpaired) electrons. The van der Waals surface area contributed by atoms with Crippen molar-refractivity contribution >= 4 is 0 Å². The standard InChI is InChI=1S/C17H27NO/c1-13-15(9-10-19-13)12-18-11-14-5-7-16(8-6-14)17(2,3)4/h5-8,13,15,18H,9-12H2,1-4H3. The number of hydrogen-bond donors (Lipinski definition) is 1. The molecule has 0 saturated carbocycles. The van der Waals surface area contributed by atoms with Crippen LogP contribution in [-0.4, -0.2) is 19.3 Å². The molecule has 0 aromatic heterocycles. The average molecular weight is 261 g/mol. The molecule has 1 aliphatic heterocycles. The monoisotopic (exact) mass is 261 g/mol. The van der Waals surface area contributed by atoms with Gasteiger partial charge in [0.2, 0.25) is 0 Å². The summed E-state index contributed by atoms with van der Waals surface area (Å²) in [7, 11) is 0. The summed E-state index contributed by atoms with van der Waals surface area (Å²) in [6.07, 6.45) is 1.60. The highest BCUT2D eigenvalue weighted by atomic mass is 16.5. The van der Waals surface area contributed by atoms with Gasteiger partial charge in [0.15, 0.2) is 0 Å². The number of benzene rings is 1. The maximum atomic E-state index is 5.58. The maximum absolute atomic E-state index is 5.58. The molecule has 2 atom stereocenters. The Bertz CT molecular complexity index is 391. The topological polar surface area (TPSA) is 21.3 Å². The summed E-state index contributed by atoms with van der Waals surface area (Å²) in [5, 5.41) is 3.55. The lowest BCUT2D eigenvalue weighted by atomic mass is 9.87. The van der Waals surface area contributed by atoms with Crippen molar-refractivity contribution in [2.75, 3.05) is 13.2 Å². The highest BCUT2D eigenvalue weighted by Crippen LogP contribution is 2.22. The van der Waals surface area contributed by atoms with E-state index in [1.165, 1.54) is 17.5 Å². The van der Waals surface area contributed by atoms with Crippen LogP contribution in [0.5, 0.6) is 0 Å². The lowest BCUT2D eigenvalue weighted by Crippen LogP contribution is -2.26. The van der Waals surface area contributed by atoms with Gasteiger partial charge in [-0.2, -0.15) is 0 Å². The van der Waals surface area contributed by atoms with Gasteiger partial charge in [0.25, 0.3) is 0 Å². The van der Waals surface area contributed by atoms with E-state index < -0.39 is 0 Å². The van der Waals surface area contributed by atoms with Gasteiger partial charge in [-0.1, -0.05) is 45.0 Å². The Morgan fingerprint density at radius 3 is 2.42 bits per heavy atom. The number of rotatable bonds is 4. The molecule has 1 fully saturated rings. The first-order valence-corrected chi connectivity index (χ1v) is 7.38. The zero-order chi connectivity index (χ0) is 13.9. The predicted molar refractivity (Wildman–Crippen MR) is 80.4 cm³/mol. The van der Waals surface area contributed by atoms with Gasteiger partial charge < -0.3 is 10.1 Å². The molecule has 2 rings (SSSR count). The number of ether oxygens (including phenoxy) is 1. The Labute approximate surface area is 117 Å². The van der Waals surface area contributed by atoms with E-state index in [4.69, 9.17) is 4.74 Å². The van der Waals surface area contributed by atoms with Crippen LogP contribution in [0, 0.1) is 5.92 Å². The van der Waals surface area contributed by atoms with Gasteiger partial charge in [-0.15, -0.1) is 0 Å². The van der Waals surface area contributed by atoms with Gasteiger partial charge >= 0.3 is 0 Å². The second kappa shape index (κ2) is 6.06. The fourth-order valence-electron chi connectivity index (χ4n) is 2.57. The molecule has 2 unspecified atom stereocenters. The second-order valence-electron chi connectivity index (χ2n) is 6.70. The van der Waals surface area contributed by atoms with Crippen molar-refractivity contribution in [1.29, 1.82) is 0 Å². The fourth-order valence-corrected chi connectivity index (χ4v) is 2.57. The van der Waals surface area contributed by atoms with Crippen LogP contribution >= 0.6 is 0 Å². The molecule has 0 amide bonds. The first-order chi connectivity index (χ1) is 8.97. The zero-order valence-electron chi connectivity index (χ0n) is 12.7. The Morgan fingerprint density at radius 2 is 1.89 bits per heavy atom. The maximum Gasteiger partial charge on any atom is 0.0588 e. The van der Waals surface area contributed by atoms with Crippen molar-refractivity contribution in [3.63, 3.8) is 0 Å². The molecule has 1 aromatic rings. The van der Waals surface area contributed by atoms with Crippen molar-refractivity contribution in [3.8, 4) is 0 Å². The van der Waals surface area contributed by atoms with Crippen molar-refractivity contribution < 1.29 is 4.74 Å². The van der Waals surface area contributed by atoms with Gasteiger partial charge in [0, 0.05) is 19.7 Å². The third-order valence-electron chi connectivity index (χ3n) is 4.09. The SMILES string of the molecule is CC1OCCC1CNCc1ccc(C(C)(C)C)cc1. The third-order valence-corrected chi connectivity index (χ3v) is 4.09. The second-order valence-corrected chi connectivity index (χ2v) is 6.70. The average Bonchev–Trinajstić information content (AvgIpc) is 2.75. The molecule has 106 valence electrons. The quantitative estimate of drug-likeness (QED) is 0.895. The van der Waals surface area contributed by atoms with Crippen LogP contribution in [0.15, 0.2) is 24.3 Å². The van der Waals surface area contributed by atoms with Gasteiger partial charge in [-0.25, -0.2) is 0 Å². The first kappa shape index (κ1) is 14.5. The van der Waals surface area contributed by atoms with Crippen LogP contribution < -0.4 is 5.32 Å². The summed E-state index contributed by atoms with van der Waals surface area (Å²) in [5.41, 5.74) is 3.00. The Kier molecular flexibility index (Phi) is 4.64. The molecule has 1 aromatic carbocycles. The lowest BCUT2D eigenvalue weighted by Gasteiger charge is -2.19. The summed E-state index contributed by atoms with van der Waals surface area (Å²) >= 11 is 0. The first-order valence-electron chi connectivity index (χ1n) is 7.38. The molecule has 0 spiro atoms. The number of nitrogens with one attached hydrogen (secondary N) is 1. The van der Waals surface area contributed by atoms with E-state index in [9.17, 15) is 0 Å². The lowest BCUT2D eigenvalue weighted by molar-refractivity contribution is 0.105. The van der Waals surface area contributed by atoms with Gasteiger partial charge in [-0.3, -0.25) is 0 Å². The van der Waals surface area contributed by atoms with Crippen LogP contribution in [-0.2, 0) is 16.7 Å². The van der Waals surface area contributed by atoms with E-state index in [0.29, 0.717) is 12.0 Å². The van der Waals surface area contributed by atoms with Crippen LogP contribution in [0.25, 0.3) is 0 Å². The molecule has 1 heterocycles. The van der Waals surface area contributed by atoms with Crippen molar-refractivity contribution in [2.45, 2.75) is 52.2 Å². The molecule has 1 aliphatic rings. The van der Waals surface area contributed by atoms with Gasteiger partial charge in [-0.05, 0) is 35.8 Å². The van der Waals surface area contributed by atoms with Gasteiger partial charge in [0.05, 0.1) is 6.10 Å². The predicted octanol–water partition coefficient (Wildman–Crippen LogP) is 3.50. The summed E-state index contributed by atoms with van der Waals surface area (Å²) in [5.74, 6) is 0.675. The molecule has 2 heteroatoms. The Morgan fingerprint density at radius 1 is 1.21 bits per heavy atom. The molecule has 0 aliphatic carbocycles. The molecule has 2 nitrogen and oxygen atoms in total. The Balaban J connectivity index is 1.80. The summed E-state index contributed by atoms with van der Waals surface area (Å²) < 4.78 is 5.58. The highest BCUT2D eigenvalue weighted by Gasteiger charge is 2.23. The molecule has 19 heavy (non-hydrogen) atoms. The largest absolute Gasteiger partial charge is 0.378 e. The third kappa shape index (κ3) is 4.05. The smallest absolute Gasteiger partial charge is 0.0588 e. The van der Waals surface area contributed by atoms with E-state index in [0.717, 1.165) is 19.7 Å². The minimum atomic E-state index is 0.239. The van der Waals surface area contributed by atoms with E-state index in [2.05, 4.69) is 57.3 Å². The van der Waals surface area contributed by atoms with Crippen LogP contribution in [0.3, 0.4) is 0 Å². The summed E-state index contributed by atoms with van der Waals surface area (Å²) in [4.78, 5) is 0. The minimum Gasteiger partial charge on any atom is -0.378 e. The zero-order valence-corrected chi connectivity index (χ0v) is 12.7. The van der Waals surface area contributed by atoms with E-state index >= 15 is 0 Å². The number of hydrogen-bond acceptors (Lipinski definition) is 2. The summed E-state index contributed by atoms with van der Waals surface area (Å²) in [6.45, 7) is 11.9.